The fourth-order valence-corrected chi connectivity index (χ4v) is 4.84. The van der Waals surface area contributed by atoms with E-state index in [4.69, 9.17) is 14.5 Å². The molecule has 0 N–H and O–H groups in total. The van der Waals surface area contributed by atoms with Gasteiger partial charge >= 0.3 is 0 Å². The van der Waals surface area contributed by atoms with Crippen LogP contribution in [0.1, 0.15) is 24.2 Å². The summed E-state index contributed by atoms with van der Waals surface area (Å²) in [6, 6.07) is 14.9. The molecule has 2 aromatic carbocycles. The molecule has 1 fully saturated rings. The third-order valence-corrected chi connectivity index (χ3v) is 6.33. The molecule has 0 radical (unpaired) electrons. The minimum atomic E-state index is 0.0122. The molecule has 150 valence electrons. The van der Waals surface area contributed by atoms with Gasteiger partial charge in [-0.3, -0.25) is 14.3 Å². The monoisotopic (exact) mass is 391 g/mol. The van der Waals surface area contributed by atoms with E-state index in [1.54, 1.807) is 26.4 Å². The zero-order chi connectivity index (χ0) is 20.0. The van der Waals surface area contributed by atoms with Crippen LogP contribution in [0.2, 0.25) is 0 Å². The Morgan fingerprint density at radius 3 is 2.52 bits per heavy atom. The van der Waals surface area contributed by atoms with Gasteiger partial charge in [0, 0.05) is 37.7 Å². The summed E-state index contributed by atoms with van der Waals surface area (Å²) < 4.78 is 12.7. The van der Waals surface area contributed by atoms with Gasteiger partial charge < -0.3 is 9.47 Å². The van der Waals surface area contributed by atoms with E-state index in [1.807, 2.05) is 10.6 Å². The first kappa shape index (κ1) is 18.2. The Bertz CT molecular complexity index is 1110. The van der Waals surface area contributed by atoms with Gasteiger partial charge in [-0.25, -0.2) is 4.98 Å². The fourth-order valence-electron chi connectivity index (χ4n) is 4.84. The molecule has 6 heteroatoms. The van der Waals surface area contributed by atoms with Gasteiger partial charge in [0.15, 0.2) is 11.5 Å². The van der Waals surface area contributed by atoms with Gasteiger partial charge in [0.2, 0.25) is 0 Å². The van der Waals surface area contributed by atoms with Gasteiger partial charge in [-0.15, -0.1) is 0 Å². The Hall–Kier alpha value is -2.86. The summed E-state index contributed by atoms with van der Waals surface area (Å²) in [6.07, 6.45) is 3.06. The van der Waals surface area contributed by atoms with Crippen LogP contribution in [-0.4, -0.2) is 40.8 Å². The number of fused-ring (bicyclic) bond motifs is 4. The number of benzene rings is 2. The second kappa shape index (κ2) is 7.19. The van der Waals surface area contributed by atoms with Gasteiger partial charge in [-0.1, -0.05) is 30.3 Å². The third kappa shape index (κ3) is 3.08. The number of rotatable bonds is 4. The van der Waals surface area contributed by atoms with Crippen LogP contribution in [0, 0.1) is 0 Å². The van der Waals surface area contributed by atoms with Crippen LogP contribution in [0.5, 0.6) is 11.5 Å². The molecular weight excluding hydrogens is 366 g/mol. The second-order valence-electron chi connectivity index (χ2n) is 7.92. The normalized spacial score (nSPS) is 21.0. The van der Waals surface area contributed by atoms with Gasteiger partial charge in [-0.2, -0.15) is 0 Å². The summed E-state index contributed by atoms with van der Waals surface area (Å²) >= 11 is 0. The fraction of sp³-hybridized carbons (Fsp3) is 0.391. The molecule has 2 aliphatic rings. The molecule has 1 aromatic heterocycles. The number of hydrogen-bond acceptors (Lipinski definition) is 5. The Kier molecular flexibility index (Phi) is 4.51. The lowest BCUT2D eigenvalue weighted by Gasteiger charge is -2.27. The third-order valence-electron chi connectivity index (χ3n) is 6.33. The molecule has 2 aliphatic heterocycles. The average Bonchev–Trinajstić information content (AvgIpc) is 3.03. The van der Waals surface area contributed by atoms with Gasteiger partial charge in [0.25, 0.3) is 5.56 Å². The first-order valence-corrected chi connectivity index (χ1v) is 10.1. The average molecular weight is 391 g/mol. The van der Waals surface area contributed by atoms with Crippen LogP contribution in [-0.2, 0) is 19.5 Å². The summed E-state index contributed by atoms with van der Waals surface area (Å²) in [7, 11) is 3.18. The van der Waals surface area contributed by atoms with Crippen LogP contribution in [0.4, 0.5) is 0 Å². The molecule has 3 aromatic rings. The standard InChI is InChI=1S/C23H25N3O3/c1-28-20-11-18-19(12-21(20)29-2)24-22-10-16-8-9-17(14-26(22)23(18)27)25(16)13-15-6-4-3-5-7-15/h3-7,11-12,16-17H,8-10,13-14H2,1-2H3/t16-,17-/m0/s1. The lowest BCUT2D eigenvalue weighted by Crippen LogP contribution is -2.37. The van der Waals surface area contributed by atoms with E-state index in [0.717, 1.165) is 31.6 Å². The van der Waals surface area contributed by atoms with Gasteiger partial charge in [-0.05, 0) is 24.5 Å². The molecule has 29 heavy (non-hydrogen) atoms. The number of hydrogen-bond donors (Lipinski definition) is 0. The van der Waals surface area contributed by atoms with E-state index in [1.165, 1.54) is 5.56 Å². The first-order valence-electron chi connectivity index (χ1n) is 10.1. The van der Waals surface area contributed by atoms with Crippen LogP contribution >= 0.6 is 0 Å². The minimum absolute atomic E-state index is 0.0122. The molecule has 0 spiro atoms. The molecule has 0 unspecified atom stereocenters. The van der Waals surface area contributed by atoms with Crippen LogP contribution < -0.4 is 15.0 Å². The molecule has 5 rings (SSSR count). The van der Waals surface area contributed by atoms with Gasteiger partial charge in [0.05, 0.1) is 25.1 Å². The van der Waals surface area contributed by atoms with Crippen molar-refractivity contribution in [2.75, 3.05) is 14.2 Å². The zero-order valence-electron chi connectivity index (χ0n) is 16.8. The Morgan fingerprint density at radius 1 is 1.03 bits per heavy atom. The maximum atomic E-state index is 13.3. The van der Waals surface area contributed by atoms with Crippen LogP contribution in [0.15, 0.2) is 47.3 Å². The molecule has 2 bridgehead atoms. The highest BCUT2D eigenvalue weighted by atomic mass is 16.5. The SMILES string of the molecule is COc1cc2nc3n(c(=O)c2cc1OC)C[C@@H]1CC[C@@H](C3)N1Cc1ccccc1. The summed E-state index contributed by atoms with van der Waals surface area (Å²) in [5.74, 6) is 2.03. The molecule has 1 saturated heterocycles. The van der Waals surface area contributed by atoms with E-state index < -0.39 is 0 Å². The quantitative estimate of drug-likeness (QED) is 0.684. The highest BCUT2D eigenvalue weighted by molar-refractivity contribution is 5.82. The first-order chi connectivity index (χ1) is 14.2. The number of aromatic nitrogens is 2. The molecule has 3 heterocycles. The highest BCUT2D eigenvalue weighted by Crippen LogP contribution is 2.34. The lowest BCUT2D eigenvalue weighted by atomic mass is 10.1. The van der Waals surface area contributed by atoms with Crippen molar-refractivity contribution in [3.8, 4) is 11.5 Å². The summed E-state index contributed by atoms with van der Waals surface area (Å²) in [4.78, 5) is 20.8. The summed E-state index contributed by atoms with van der Waals surface area (Å²) in [6.45, 7) is 1.61. The molecule has 2 atom stereocenters. The maximum absolute atomic E-state index is 13.3. The molecular formula is C23H25N3O3. The number of nitrogens with zero attached hydrogens (tertiary/aromatic N) is 3. The van der Waals surface area contributed by atoms with Crippen molar-refractivity contribution in [1.82, 2.24) is 14.5 Å². The lowest BCUT2D eigenvalue weighted by molar-refractivity contribution is 0.180. The van der Waals surface area contributed by atoms with Crippen molar-refractivity contribution in [2.45, 2.75) is 44.4 Å². The number of methoxy groups -OCH3 is 2. The van der Waals surface area contributed by atoms with Crippen molar-refractivity contribution < 1.29 is 9.47 Å². The molecule has 6 nitrogen and oxygen atoms in total. The van der Waals surface area contributed by atoms with E-state index in [-0.39, 0.29) is 5.56 Å². The van der Waals surface area contributed by atoms with Crippen molar-refractivity contribution in [1.29, 1.82) is 0 Å². The highest BCUT2D eigenvalue weighted by Gasteiger charge is 2.37. The second-order valence-corrected chi connectivity index (χ2v) is 7.92. The van der Waals surface area contributed by atoms with Crippen molar-refractivity contribution >= 4 is 10.9 Å². The maximum Gasteiger partial charge on any atom is 0.261 e. The number of ether oxygens (including phenoxy) is 2. The summed E-state index contributed by atoms with van der Waals surface area (Å²) in [5, 5.41) is 0.582. The van der Waals surface area contributed by atoms with Crippen molar-refractivity contribution in [3.63, 3.8) is 0 Å². The Morgan fingerprint density at radius 2 is 1.76 bits per heavy atom. The topological polar surface area (TPSA) is 56.6 Å². The summed E-state index contributed by atoms with van der Waals surface area (Å²) in [5.41, 5.74) is 2.00. The Balaban J connectivity index is 1.56. The zero-order valence-corrected chi connectivity index (χ0v) is 16.8. The van der Waals surface area contributed by atoms with Crippen LogP contribution in [0.25, 0.3) is 10.9 Å². The largest absolute Gasteiger partial charge is 0.493 e. The van der Waals surface area contributed by atoms with E-state index in [2.05, 4.69) is 29.2 Å². The Labute approximate surface area is 169 Å². The predicted octanol–water partition coefficient (Wildman–Crippen LogP) is 3.00. The smallest absolute Gasteiger partial charge is 0.261 e. The van der Waals surface area contributed by atoms with E-state index in [9.17, 15) is 4.79 Å². The van der Waals surface area contributed by atoms with E-state index >= 15 is 0 Å². The van der Waals surface area contributed by atoms with Gasteiger partial charge in [0.1, 0.15) is 5.82 Å². The van der Waals surface area contributed by atoms with E-state index in [0.29, 0.717) is 41.0 Å². The predicted molar refractivity (Wildman–Crippen MR) is 112 cm³/mol. The van der Waals surface area contributed by atoms with Crippen molar-refractivity contribution in [2.24, 2.45) is 0 Å². The molecule has 0 amide bonds. The van der Waals surface area contributed by atoms with Crippen molar-refractivity contribution in [3.05, 3.63) is 64.2 Å². The van der Waals surface area contributed by atoms with Crippen LogP contribution in [0.3, 0.4) is 0 Å². The molecule has 0 aliphatic carbocycles. The molecule has 0 saturated carbocycles. The minimum Gasteiger partial charge on any atom is -0.493 e.